The number of aromatic nitrogens is 1. The van der Waals surface area contributed by atoms with Gasteiger partial charge in [-0.05, 0) is 66.7 Å². The first kappa shape index (κ1) is 28.7. The number of alkyl halides is 6. The molecule has 1 fully saturated rings. The molecule has 1 aromatic heterocycles. The van der Waals surface area contributed by atoms with E-state index in [1.54, 1.807) is 35.2 Å². The second kappa shape index (κ2) is 11.2. The van der Waals surface area contributed by atoms with Crippen LogP contribution in [-0.4, -0.2) is 52.9 Å². The molecule has 1 aliphatic rings. The summed E-state index contributed by atoms with van der Waals surface area (Å²) in [5.74, 6) is -0.238. The van der Waals surface area contributed by atoms with E-state index in [9.17, 15) is 35.9 Å². The lowest BCUT2D eigenvalue weighted by Crippen LogP contribution is -2.51. The Morgan fingerprint density at radius 2 is 1.26 bits per heavy atom. The Morgan fingerprint density at radius 3 is 1.88 bits per heavy atom. The van der Waals surface area contributed by atoms with Crippen LogP contribution in [0.3, 0.4) is 0 Å². The van der Waals surface area contributed by atoms with Gasteiger partial charge in [-0.15, -0.1) is 0 Å². The van der Waals surface area contributed by atoms with Gasteiger partial charge in [-0.25, -0.2) is 4.79 Å². The van der Waals surface area contributed by atoms with Crippen molar-refractivity contribution in [3.8, 4) is 0 Å². The largest absolute Gasteiger partial charge is 0.416 e. The van der Waals surface area contributed by atoms with Gasteiger partial charge in [0.05, 0.1) is 16.6 Å². The zero-order chi connectivity index (χ0) is 30.1. The molecular formula is C29H23F6N5O2. The summed E-state index contributed by atoms with van der Waals surface area (Å²) in [4.78, 5) is 32.7. The van der Waals surface area contributed by atoms with Crippen molar-refractivity contribution >= 4 is 39.9 Å². The first-order valence-corrected chi connectivity index (χ1v) is 12.7. The first-order valence-electron chi connectivity index (χ1n) is 12.7. The average Bonchev–Trinajstić information content (AvgIpc) is 2.96. The second-order valence-corrected chi connectivity index (χ2v) is 9.58. The van der Waals surface area contributed by atoms with E-state index in [2.05, 4.69) is 15.6 Å². The summed E-state index contributed by atoms with van der Waals surface area (Å²) >= 11 is 0. The topological polar surface area (TPSA) is 77.6 Å². The van der Waals surface area contributed by atoms with Crippen LogP contribution in [0.15, 0.2) is 79.0 Å². The van der Waals surface area contributed by atoms with Crippen molar-refractivity contribution < 1.29 is 35.9 Å². The van der Waals surface area contributed by atoms with Crippen molar-refractivity contribution in [2.24, 2.45) is 0 Å². The SMILES string of the molecule is O=C(Nc1ccc(C(F)(F)F)cc1)N1CCN(C(=O)c2ccc(Nc3ccnc4cc(C(F)(F)F)ccc34)cc2)CC1. The molecule has 218 valence electrons. The van der Waals surface area contributed by atoms with Gasteiger partial charge in [-0.3, -0.25) is 9.78 Å². The summed E-state index contributed by atoms with van der Waals surface area (Å²) in [5.41, 5.74) is 0.396. The maximum Gasteiger partial charge on any atom is 0.416 e. The average molecular weight is 588 g/mol. The Hall–Kier alpha value is -4.81. The number of hydrogen-bond donors (Lipinski definition) is 2. The molecule has 42 heavy (non-hydrogen) atoms. The molecule has 0 spiro atoms. The fourth-order valence-electron chi connectivity index (χ4n) is 4.53. The highest BCUT2D eigenvalue weighted by Gasteiger charge is 2.31. The van der Waals surface area contributed by atoms with Crippen LogP contribution in [0.5, 0.6) is 0 Å². The number of anilines is 3. The molecule has 0 aliphatic carbocycles. The lowest BCUT2D eigenvalue weighted by atomic mass is 10.1. The van der Waals surface area contributed by atoms with Crippen LogP contribution in [0.2, 0.25) is 0 Å². The Balaban J connectivity index is 1.17. The van der Waals surface area contributed by atoms with Crippen LogP contribution >= 0.6 is 0 Å². The maximum absolute atomic E-state index is 13.1. The molecule has 2 heterocycles. The number of nitrogens with zero attached hydrogens (tertiary/aromatic N) is 3. The van der Waals surface area contributed by atoms with Crippen molar-refractivity contribution in [1.29, 1.82) is 0 Å². The number of nitrogens with one attached hydrogen (secondary N) is 2. The monoisotopic (exact) mass is 587 g/mol. The number of rotatable bonds is 4. The summed E-state index contributed by atoms with van der Waals surface area (Å²) in [5, 5.41) is 6.22. The van der Waals surface area contributed by atoms with E-state index in [0.29, 0.717) is 22.3 Å². The second-order valence-electron chi connectivity index (χ2n) is 9.58. The molecule has 0 saturated carbocycles. The highest BCUT2D eigenvalue weighted by Crippen LogP contribution is 2.33. The Kier molecular flexibility index (Phi) is 7.67. The Labute approximate surface area is 235 Å². The van der Waals surface area contributed by atoms with Gasteiger partial charge in [0.1, 0.15) is 0 Å². The zero-order valence-electron chi connectivity index (χ0n) is 21.8. The van der Waals surface area contributed by atoms with E-state index in [4.69, 9.17) is 0 Å². The third-order valence-electron chi connectivity index (χ3n) is 6.80. The van der Waals surface area contributed by atoms with Crippen molar-refractivity contribution in [2.75, 3.05) is 36.8 Å². The molecule has 3 amide bonds. The number of piperazine rings is 1. The third-order valence-corrected chi connectivity index (χ3v) is 6.80. The fraction of sp³-hybridized carbons (Fsp3) is 0.207. The van der Waals surface area contributed by atoms with Crippen molar-refractivity contribution in [3.05, 3.63) is 95.7 Å². The molecule has 1 saturated heterocycles. The van der Waals surface area contributed by atoms with Gasteiger partial charge in [0.15, 0.2) is 0 Å². The number of carbonyl (C=O) groups is 2. The molecule has 0 unspecified atom stereocenters. The van der Waals surface area contributed by atoms with Crippen molar-refractivity contribution in [1.82, 2.24) is 14.8 Å². The van der Waals surface area contributed by atoms with Crippen molar-refractivity contribution in [3.63, 3.8) is 0 Å². The lowest BCUT2D eigenvalue weighted by molar-refractivity contribution is -0.138. The normalized spacial score (nSPS) is 14.1. The molecule has 0 bridgehead atoms. The van der Waals surface area contributed by atoms with Crippen molar-refractivity contribution in [2.45, 2.75) is 12.4 Å². The molecule has 2 N–H and O–H groups in total. The minimum Gasteiger partial charge on any atom is -0.355 e. The van der Waals surface area contributed by atoms with Crippen LogP contribution in [0.1, 0.15) is 21.5 Å². The summed E-state index contributed by atoms with van der Waals surface area (Å²) in [6.07, 6.45) is -7.54. The summed E-state index contributed by atoms with van der Waals surface area (Å²) in [6.45, 7) is 1.01. The summed E-state index contributed by atoms with van der Waals surface area (Å²) < 4.78 is 77.4. The number of amides is 3. The highest BCUT2D eigenvalue weighted by atomic mass is 19.4. The Morgan fingerprint density at radius 1 is 0.690 bits per heavy atom. The molecular weight excluding hydrogens is 564 g/mol. The molecule has 5 rings (SSSR count). The van der Waals surface area contributed by atoms with E-state index in [1.807, 2.05) is 0 Å². The fourth-order valence-corrected chi connectivity index (χ4v) is 4.53. The van der Waals surface area contributed by atoms with Gasteiger partial charge in [-0.1, -0.05) is 6.07 Å². The Bertz CT molecular complexity index is 1600. The number of carbonyl (C=O) groups excluding carboxylic acids is 2. The minimum atomic E-state index is -4.48. The lowest BCUT2D eigenvalue weighted by Gasteiger charge is -2.34. The van der Waals surface area contributed by atoms with Crippen LogP contribution < -0.4 is 10.6 Å². The predicted octanol–water partition coefficient (Wildman–Crippen LogP) is 7.01. The summed E-state index contributed by atoms with van der Waals surface area (Å²) in [6, 6.07) is 15.2. The van der Waals surface area contributed by atoms with Crippen LogP contribution in [0.25, 0.3) is 10.9 Å². The van der Waals surface area contributed by atoms with Gasteiger partial charge >= 0.3 is 18.4 Å². The van der Waals surface area contributed by atoms with E-state index in [0.717, 1.165) is 24.3 Å². The van der Waals surface area contributed by atoms with E-state index >= 15 is 0 Å². The van der Waals surface area contributed by atoms with E-state index < -0.39 is 29.5 Å². The zero-order valence-corrected chi connectivity index (χ0v) is 21.8. The third kappa shape index (κ3) is 6.40. The van der Waals surface area contributed by atoms with E-state index in [-0.39, 0.29) is 43.3 Å². The molecule has 1 aliphatic heterocycles. The predicted molar refractivity (Wildman–Crippen MR) is 144 cm³/mol. The van der Waals surface area contributed by atoms with Crippen LogP contribution in [-0.2, 0) is 12.4 Å². The maximum atomic E-state index is 13.1. The highest BCUT2D eigenvalue weighted by molar-refractivity contribution is 5.96. The van der Waals surface area contributed by atoms with Gasteiger partial charge in [0, 0.05) is 60.4 Å². The number of fused-ring (bicyclic) bond motifs is 1. The van der Waals surface area contributed by atoms with Gasteiger partial charge in [-0.2, -0.15) is 26.3 Å². The number of halogens is 6. The number of hydrogen-bond acceptors (Lipinski definition) is 4. The molecule has 3 aromatic carbocycles. The molecule has 4 aromatic rings. The minimum absolute atomic E-state index is 0.189. The van der Waals surface area contributed by atoms with Gasteiger partial charge in [0.2, 0.25) is 0 Å². The number of pyridine rings is 1. The first-order chi connectivity index (χ1) is 19.9. The quantitative estimate of drug-likeness (QED) is 0.252. The van der Waals surface area contributed by atoms with Crippen LogP contribution in [0, 0.1) is 0 Å². The number of benzene rings is 3. The van der Waals surface area contributed by atoms with Gasteiger partial charge in [0.25, 0.3) is 5.91 Å². The molecule has 0 radical (unpaired) electrons. The number of urea groups is 1. The molecule has 7 nitrogen and oxygen atoms in total. The standard InChI is InChI=1S/C29H23F6N5O2/c30-28(31,32)19-3-8-22(9-4-19)38-27(42)40-15-13-39(14-16-40)26(41)18-1-6-21(7-2-18)37-24-11-12-36-25-17-20(29(33,34)35)5-10-23(24)25/h1-12,17H,13-16H2,(H,36,37)(H,38,42). The molecule has 0 atom stereocenters. The smallest absolute Gasteiger partial charge is 0.355 e. The van der Waals surface area contributed by atoms with Crippen LogP contribution in [0.4, 0.5) is 48.2 Å². The summed E-state index contributed by atoms with van der Waals surface area (Å²) in [7, 11) is 0. The van der Waals surface area contributed by atoms with Gasteiger partial charge < -0.3 is 20.4 Å². The van der Waals surface area contributed by atoms with E-state index in [1.165, 1.54) is 29.3 Å². The molecule has 13 heteroatoms.